The third kappa shape index (κ3) is 3.40. The molecule has 2 fully saturated rings. The number of methoxy groups -OCH3 is 1. The van der Waals surface area contributed by atoms with Gasteiger partial charge in [-0.2, -0.15) is 11.8 Å². The van der Waals surface area contributed by atoms with Crippen LogP contribution in [0.15, 0.2) is 24.3 Å². The fourth-order valence-corrected chi connectivity index (χ4v) is 5.05. The van der Waals surface area contributed by atoms with E-state index in [9.17, 15) is 0 Å². The molecule has 0 spiro atoms. The molecule has 2 aliphatic carbocycles. The summed E-state index contributed by atoms with van der Waals surface area (Å²) in [5, 5.41) is 4.77. The SMILES string of the molecule is CCSC1CCCC1NC1CC(c2ccccc2OC)C1. The summed E-state index contributed by atoms with van der Waals surface area (Å²) in [6, 6.07) is 9.96. The van der Waals surface area contributed by atoms with Crippen LogP contribution in [0, 0.1) is 0 Å². The largest absolute Gasteiger partial charge is 0.496 e. The molecule has 1 aromatic carbocycles. The molecule has 0 radical (unpaired) electrons. The second-order valence-electron chi connectivity index (χ2n) is 6.31. The Morgan fingerprint density at radius 3 is 2.81 bits per heavy atom. The number of benzene rings is 1. The van der Waals surface area contributed by atoms with Gasteiger partial charge in [0.05, 0.1) is 7.11 Å². The molecule has 3 heteroatoms. The molecule has 2 aliphatic rings. The van der Waals surface area contributed by atoms with Crippen LogP contribution in [0.1, 0.15) is 50.5 Å². The van der Waals surface area contributed by atoms with Gasteiger partial charge in [0.15, 0.2) is 0 Å². The Kier molecular flexibility index (Phi) is 5.12. The highest BCUT2D eigenvalue weighted by atomic mass is 32.2. The zero-order chi connectivity index (χ0) is 14.7. The van der Waals surface area contributed by atoms with Crippen molar-refractivity contribution in [3.63, 3.8) is 0 Å². The highest BCUT2D eigenvalue weighted by molar-refractivity contribution is 7.99. The molecule has 1 N–H and O–H groups in total. The van der Waals surface area contributed by atoms with Gasteiger partial charge in [-0.25, -0.2) is 0 Å². The van der Waals surface area contributed by atoms with Gasteiger partial charge in [-0.05, 0) is 49.0 Å². The molecule has 2 saturated carbocycles. The molecule has 21 heavy (non-hydrogen) atoms. The molecule has 116 valence electrons. The van der Waals surface area contributed by atoms with E-state index < -0.39 is 0 Å². The Balaban J connectivity index is 1.52. The molecule has 0 saturated heterocycles. The van der Waals surface area contributed by atoms with Gasteiger partial charge in [-0.1, -0.05) is 31.5 Å². The van der Waals surface area contributed by atoms with Gasteiger partial charge in [0.25, 0.3) is 0 Å². The standard InChI is InChI=1S/C18H27NOS/c1-3-21-18-10-6-8-16(18)19-14-11-13(12-14)15-7-4-5-9-17(15)20-2/h4-5,7,9,13-14,16,18-19H,3,6,8,10-12H2,1-2H3. The first-order chi connectivity index (χ1) is 10.3. The quantitative estimate of drug-likeness (QED) is 0.851. The number of rotatable bonds is 6. The van der Waals surface area contributed by atoms with Crippen molar-refractivity contribution in [2.24, 2.45) is 0 Å². The Bertz CT molecular complexity index is 458. The molecule has 2 unspecified atom stereocenters. The van der Waals surface area contributed by atoms with Crippen LogP contribution in [-0.2, 0) is 0 Å². The van der Waals surface area contributed by atoms with Gasteiger partial charge in [0.1, 0.15) is 5.75 Å². The predicted molar refractivity (Wildman–Crippen MR) is 91.5 cm³/mol. The summed E-state index contributed by atoms with van der Waals surface area (Å²) in [6.07, 6.45) is 6.70. The lowest BCUT2D eigenvalue weighted by Gasteiger charge is -2.39. The van der Waals surface area contributed by atoms with E-state index in [2.05, 4.69) is 48.3 Å². The van der Waals surface area contributed by atoms with Crippen LogP contribution in [0.3, 0.4) is 0 Å². The van der Waals surface area contributed by atoms with Crippen LogP contribution < -0.4 is 10.1 Å². The van der Waals surface area contributed by atoms with E-state index >= 15 is 0 Å². The third-order valence-electron chi connectivity index (χ3n) is 5.00. The van der Waals surface area contributed by atoms with Crippen molar-refractivity contribution >= 4 is 11.8 Å². The maximum Gasteiger partial charge on any atom is 0.122 e. The fraction of sp³-hybridized carbons (Fsp3) is 0.667. The van der Waals surface area contributed by atoms with Gasteiger partial charge in [0, 0.05) is 17.3 Å². The van der Waals surface area contributed by atoms with Crippen molar-refractivity contribution < 1.29 is 4.74 Å². The van der Waals surface area contributed by atoms with Crippen LogP contribution in [0.2, 0.25) is 0 Å². The summed E-state index contributed by atoms with van der Waals surface area (Å²) >= 11 is 2.14. The summed E-state index contributed by atoms with van der Waals surface area (Å²) in [4.78, 5) is 0. The number of ether oxygens (including phenoxy) is 1. The molecular weight excluding hydrogens is 278 g/mol. The summed E-state index contributed by atoms with van der Waals surface area (Å²) < 4.78 is 5.50. The van der Waals surface area contributed by atoms with E-state index in [0.29, 0.717) is 12.0 Å². The Morgan fingerprint density at radius 1 is 1.24 bits per heavy atom. The molecule has 3 rings (SSSR count). The van der Waals surface area contributed by atoms with Crippen molar-refractivity contribution in [2.45, 2.75) is 62.3 Å². The number of nitrogens with one attached hydrogen (secondary N) is 1. The normalized spacial score (nSPS) is 31.9. The van der Waals surface area contributed by atoms with Crippen LogP contribution in [0.5, 0.6) is 5.75 Å². The monoisotopic (exact) mass is 305 g/mol. The average Bonchev–Trinajstić information content (AvgIpc) is 2.90. The van der Waals surface area contributed by atoms with Gasteiger partial charge in [0.2, 0.25) is 0 Å². The van der Waals surface area contributed by atoms with E-state index in [1.54, 1.807) is 7.11 Å². The second kappa shape index (κ2) is 7.06. The zero-order valence-corrected chi connectivity index (χ0v) is 14.0. The third-order valence-corrected chi connectivity index (χ3v) is 6.33. The molecule has 0 aliphatic heterocycles. The topological polar surface area (TPSA) is 21.3 Å². The van der Waals surface area contributed by atoms with Crippen LogP contribution >= 0.6 is 11.8 Å². The fourth-order valence-electron chi connectivity index (χ4n) is 3.84. The highest BCUT2D eigenvalue weighted by Crippen LogP contribution is 2.42. The highest BCUT2D eigenvalue weighted by Gasteiger charge is 2.36. The Morgan fingerprint density at radius 2 is 2.05 bits per heavy atom. The molecule has 0 heterocycles. The number of hydrogen-bond acceptors (Lipinski definition) is 3. The van der Waals surface area contributed by atoms with Gasteiger partial charge in [-0.3, -0.25) is 0 Å². The molecule has 2 nitrogen and oxygen atoms in total. The van der Waals surface area contributed by atoms with Gasteiger partial charge in [-0.15, -0.1) is 0 Å². The summed E-state index contributed by atoms with van der Waals surface area (Å²) in [5.41, 5.74) is 1.39. The molecule has 0 aromatic heterocycles. The second-order valence-corrected chi connectivity index (χ2v) is 7.82. The van der Waals surface area contributed by atoms with Crippen LogP contribution in [-0.4, -0.2) is 30.2 Å². The van der Waals surface area contributed by atoms with Crippen LogP contribution in [0.25, 0.3) is 0 Å². The van der Waals surface area contributed by atoms with Crippen molar-refractivity contribution in [3.8, 4) is 5.75 Å². The van der Waals surface area contributed by atoms with Gasteiger partial charge >= 0.3 is 0 Å². The van der Waals surface area contributed by atoms with E-state index in [4.69, 9.17) is 4.74 Å². The number of thioether (sulfide) groups is 1. The minimum Gasteiger partial charge on any atom is -0.496 e. The first kappa shape index (κ1) is 15.2. The maximum atomic E-state index is 5.50. The van der Waals surface area contributed by atoms with Crippen molar-refractivity contribution in [1.82, 2.24) is 5.32 Å². The minimum absolute atomic E-state index is 0.678. The lowest BCUT2D eigenvalue weighted by atomic mass is 9.75. The maximum absolute atomic E-state index is 5.50. The van der Waals surface area contributed by atoms with Gasteiger partial charge < -0.3 is 10.1 Å². The smallest absolute Gasteiger partial charge is 0.122 e. The van der Waals surface area contributed by atoms with Crippen molar-refractivity contribution in [1.29, 1.82) is 0 Å². The number of para-hydroxylation sites is 1. The molecule has 2 atom stereocenters. The first-order valence-corrected chi connectivity index (χ1v) is 9.37. The molecule has 1 aromatic rings. The van der Waals surface area contributed by atoms with E-state index in [1.165, 1.54) is 43.4 Å². The van der Waals surface area contributed by atoms with E-state index in [1.807, 2.05) is 0 Å². The van der Waals surface area contributed by atoms with E-state index in [0.717, 1.165) is 17.0 Å². The van der Waals surface area contributed by atoms with Crippen molar-refractivity contribution in [2.75, 3.05) is 12.9 Å². The van der Waals surface area contributed by atoms with Crippen molar-refractivity contribution in [3.05, 3.63) is 29.8 Å². The van der Waals surface area contributed by atoms with E-state index in [-0.39, 0.29) is 0 Å². The molecule has 0 bridgehead atoms. The Labute approximate surface area is 133 Å². The molecule has 0 amide bonds. The summed E-state index contributed by atoms with van der Waals surface area (Å²) in [6.45, 7) is 2.28. The summed E-state index contributed by atoms with van der Waals surface area (Å²) in [5.74, 6) is 2.98. The predicted octanol–water partition coefficient (Wildman–Crippen LogP) is 4.21. The molecular formula is C18H27NOS. The minimum atomic E-state index is 0.678. The lowest BCUT2D eigenvalue weighted by Crippen LogP contribution is -2.47. The Hall–Kier alpha value is -0.670. The average molecular weight is 305 g/mol. The summed E-state index contributed by atoms with van der Waals surface area (Å²) in [7, 11) is 1.78. The zero-order valence-electron chi connectivity index (χ0n) is 13.2. The lowest BCUT2D eigenvalue weighted by molar-refractivity contribution is 0.261. The van der Waals surface area contributed by atoms with Crippen LogP contribution in [0.4, 0.5) is 0 Å². The number of hydrogen-bond donors (Lipinski definition) is 1. The first-order valence-electron chi connectivity index (χ1n) is 8.32.